The molecule has 1 aromatic rings. The van der Waals surface area contributed by atoms with Crippen molar-refractivity contribution in [2.45, 2.75) is 35.6 Å². The lowest BCUT2D eigenvalue weighted by Crippen LogP contribution is -2.44. The number of hydrogen-bond donors (Lipinski definition) is 0. The first kappa shape index (κ1) is 19.5. The topological polar surface area (TPSA) is 54.5 Å². The molecule has 2 atom stereocenters. The first-order valence-corrected chi connectivity index (χ1v) is 11.2. The van der Waals surface area contributed by atoms with Crippen LogP contribution < -0.4 is 0 Å². The minimum absolute atomic E-state index is 0.0452. The van der Waals surface area contributed by atoms with Gasteiger partial charge in [0.1, 0.15) is 0 Å². The lowest BCUT2D eigenvalue weighted by atomic mass is 9.97. The number of sulfone groups is 1. The normalized spacial score (nSPS) is 26.0. The minimum atomic E-state index is -4.30. The summed E-state index contributed by atoms with van der Waals surface area (Å²) in [5.41, 5.74) is 0.352. The van der Waals surface area contributed by atoms with Crippen molar-refractivity contribution in [3.05, 3.63) is 29.8 Å². The number of hydrogen-bond acceptors (Lipinski definition) is 4. The van der Waals surface area contributed by atoms with Crippen molar-refractivity contribution in [2.24, 2.45) is 5.92 Å². The van der Waals surface area contributed by atoms with Gasteiger partial charge >= 0.3 is 6.18 Å². The van der Waals surface area contributed by atoms with E-state index in [1.165, 1.54) is 16.7 Å². The van der Waals surface area contributed by atoms with E-state index in [0.717, 1.165) is 0 Å². The molecule has 1 amide bonds. The van der Waals surface area contributed by atoms with Crippen LogP contribution in [0.4, 0.5) is 13.2 Å². The van der Waals surface area contributed by atoms with E-state index in [1.807, 2.05) is 0 Å². The predicted molar refractivity (Wildman–Crippen MR) is 94.0 cm³/mol. The highest BCUT2D eigenvalue weighted by molar-refractivity contribution is 8.02. The fourth-order valence-corrected chi connectivity index (χ4v) is 7.00. The SMILES string of the molecule is O=C(c1ccccc1SC1CCS(=O)(=O)C1)N1CCCC(C(F)(F)F)C1. The number of nitrogens with zero attached hydrogens (tertiary/aromatic N) is 1. The van der Waals surface area contributed by atoms with Crippen LogP contribution in [-0.2, 0) is 9.84 Å². The summed E-state index contributed by atoms with van der Waals surface area (Å²) in [5.74, 6) is -1.69. The first-order valence-electron chi connectivity index (χ1n) is 8.48. The van der Waals surface area contributed by atoms with Gasteiger partial charge in [-0.2, -0.15) is 13.2 Å². The fourth-order valence-electron chi connectivity index (χ4n) is 3.38. The summed E-state index contributed by atoms with van der Waals surface area (Å²) in [7, 11) is -3.03. The third kappa shape index (κ3) is 4.54. The number of thioether (sulfide) groups is 1. The van der Waals surface area contributed by atoms with Crippen LogP contribution in [0.15, 0.2) is 29.2 Å². The van der Waals surface area contributed by atoms with Gasteiger partial charge in [0.25, 0.3) is 5.91 Å². The quantitative estimate of drug-likeness (QED) is 0.771. The smallest absolute Gasteiger partial charge is 0.338 e. The second-order valence-corrected chi connectivity index (χ2v) is 10.3. The number of piperidine rings is 1. The monoisotopic (exact) mass is 407 g/mol. The van der Waals surface area contributed by atoms with Crippen molar-refractivity contribution in [2.75, 3.05) is 24.6 Å². The van der Waals surface area contributed by atoms with E-state index in [9.17, 15) is 26.4 Å². The Kier molecular flexibility index (Phi) is 5.58. The second-order valence-electron chi connectivity index (χ2n) is 6.77. The van der Waals surface area contributed by atoms with E-state index in [1.54, 1.807) is 24.3 Å². The fraction of sp³-hybridized carbons (Fsp3) is 0.588. The van der Waals surface area contributed by atoms with Gasteiger partial charge < -0.3 is 4.90 Å². The molecule has 0 spiro atoms. The molecule has 2 heterocycles. The van der Waals surface area contributed by atoms with E-state index < -0.39 is 27.8 Å². The predicted octanol–water partition coefficient (Wildman–Crippen LogP) is 3.38. The molecule has 0 saturated carbocycles. The van der Waals surface area contributed by atoms with Gasteiger partial charge in [-0.15, -0.1) is 11.8 Å². The molecule has 1 aromatic carbocycles. The van der Waals surface area contributed by atoms with Crippen molar-refractivity contribution in [3.63, 3.8) is 0 Å². The van der Waals surface area contributed by atoms with Crippen LogP contribution in [0.1, 0.15) is 29.6 Å². The summed E-state index contributed by atoms with van der Waals surface area (Å²) in [6.45, 7) is -0.0125. The van der Waals surface area contributed by atoms with Crippen molar-refractivity contribution in [1.82, 2.24) is 4.90 Å². The lowest BCUT2D eigenvalue weighted by molar-refractivity contribution is -0.184. The molecule has 2 saturated heterocycles. The molecule has 0 N–H and O–H groups in total. The van der Waals surface area contributed by atoms with Crippen LogP contribution in [0.25, 0.3) is 0 Å². The van der Waals surface area contributed by atoms with Crippen LogP contribution in [0, 0.1) is 5.92 Å². The number of benzene rings is 1. The Morgan fingerprint density at radius 3 is 2.58 bits per heavy atom. The summed E-state index contributed by atoms with van der Waals surface area (Å²) >= 11 is 1.33. The zero-order valence-corrected chi connectivity index (χ0v) is 15.7. The molecule has 2 aliphatic rings. The van der Waals surface area contributed by atoms with Gasteiger partial charge in [-0.25, -0.2) is 8.42 Å². The molecular formula is C17H20F3NO3S2. The molecule has 0 aromatic heterocycles. The Morgan fingerprint density at radius 1 is 1.19 bits per heavy atom. The summed E-state index contributed by atoms with van der Waals surface area (Å²) in [5, 5.41) is -0.127. The maximum atomic E-state index is 13.0. The second kappa shape index (κ2) is 7.42. The van der Waals surface area contributed by atoms with Crippen molar-refractivity contribution in [1.29, 1.82) is 0 Å². The maximum Gasteiger partial charge on any atom is 0.393 e. The van der Waals surface area contributed by atoms with E-state index in [-0.39, 0.29) is 29.7 Å². The summed E-state index contributed by atoms with van der Waals surface area (Å²) in [4.78, 5) is 14.7. The third-order valence-electron chi connectivity index (χ3n) is 4.77. The number of likely N-dealkylation sites (tertiary alicyclic amines) is 1. The third-order valence-corrected chi connectivity index (χ3v) is 8.10. The van der Waals surface area contributed by atoms with Crippen molar-refractivity contribution >= 4 is 27.5 Å². The summed E-state index contributed by atoms with van der Waals surface area (Å²) < 4.78 is 62.3. The Balaban J connectivity index is 1.75. The number of amides is 1. The Labute approximate surface area is 155 Å². The number of halogens is 3. The van der Waals surface area contributed by atoms with Gasteiger partial charge in [-0.05, 0) is 31.4 Å². The first-order chi connectivity index (χ1) is 12.2. The minimum Gasteiger partial charge on any atom is -0.338 e. The lowest BCUT2D eigenvalue weighted by Gasteiger charge is -2.34. The molecule has 9 heteroatoms. The molecular weight excluding hydrogens is 387 g/mol. The highest BCUT2D eigenvalue weighted by Gasteiger charge is 2.43. The molecule has 144 valence electrons. The summed E-state index contributed by atoms with van der Waals surface area (Å²) in [6, 6.07) is 6.75. The Hall–Kier alpha value is -1.22. The molecule has 4 nitrogen and oxygen atoms in total. The standard InChI is InChI=1S/C17H20F3NO3S2/c18-17(19,20)12-4-3-8-21(10-12)16(22)14-5-1-2-6-15(14)25-13-7-9-26(23,24)11-13/h1-2,5-6,12-13H,3-4,7-11H2. The maximum absolute atomic E-state index is 13.0. The van der Waals surface area contributed by atoms with Crippen LogP contribution in [0.5, 0.6) is 0 Å². The van der Waals surface area contributed by atoms with E-state index in [0.29, 0.717) is 29.8 Å². The highest BCUT2D eigenvalue weighted by atomic mass is 32.2. The van der Waals surface area contributed by atoms with Gasteiger partial charge in [0.2, 0.25) is 0 Å². The Bertz CT molecular complexity index is 780. The average Bonchev–Trinajstić information content (AvgIpc) is 2.93. The molecule has 0 radical (unpaired) electrons. The van der Waals surface area contributed by atoms with Crippen LogP contribution in [0.3, 0.4) is 0 Å². The van der Waals surface area contributed by atoms with E-state index in [2.05, 4.69) is 0 Å². The van der Waals surface area contributed by atoms with E-state index in [4.69, 9.17) is 0 Å². The van der Waals surface area contributed by atoms with Gasteiger partial charge in [0, 0.05) is 23.2 Å². The number of rotatable bonds is 3. The molecule has 26 heavy (non-hydrogen) atoms. The molecule has 2 fully saturated rings. The average molecular weight is 407 g/mol. The largest absolute Gasteiger partial charge is 0.393 e. The van der Waals surface area contributed by atoms with Crippen LogP contribution >= 0.6 is 11.8 Å². The zero-order chi connectivity index (χ0) is 18.9. The number of carbonyl (C=O) groups excluding carboxylic acids is 1. The van der Waals surface area contributed by atoms with Crippen LogP contribution in [-0.4, -0.2) is 55.2 Å². The molecule has 2 aliphatic heterocycles. The zero-order valence-electron chi connectivity index (χ0n) is 14.0. The van der Waals surface area contributed by atoms with Crippen LogP contribution in [0.2, 0.25) is 0 Å². The van der Waals surface area contributed by atoms with Crippen molar-refractivity contribution in [3.8, 4) is 0 Å². The molecule has 0 bridgehead atoms. The molecule has 0 aliphatic carbocycles. The summed E-state index contributed by atoms with van der Waals surface area (Å²) in [6.07, 6.45) is -3.41. The van der Waals surface area contributed by atoms with Gasteiger partial charge in [-0.1, -0.05) is 12.1 Å². The van der Waals surface area contributed by atoms with E-state index >= 15 is 0 Å². The number of alkyl halides is 3. The molecule has 2 unspecified atom stereocenters. The van der Waals surface area contributed by atoms with Gasteiger partial charge in [0.15, 0.2) is 9.84 Å². The van der Waals surface area contributed by atoms with Crippen molar-refractivity contribution < 1.29 is 26.4 Å². The highest BCUT2D eigenvalue weighted by Crippen LogP contribution is 2.36. The van der Waals surface area contributed by atoms with Gasteiger partial charge in [0.05, 0.1) is 23.0 Å². The number of carbonyl (C=O) groups is 1. The van der Waals surface area contributed by atoms with Gasteiger partial charge in [-0.3, -0.25) is 4.79 Å². The molecule has 3 rings (SSSR count). The Morgan fingerprint density at radius 2 is 1.92 bits per heavy atom.